The summed E-state index contributed by atoms with van der Waals surface area (Å²) in [5.74, 6) is -0.925. The van der Waals surface area contributed by atoms with Crippen molar-refractivity contribution in [1.29, 1.82) is 0 Å². The van der Waals surface area contributed by atoms with E-state index in [1.54, 1.807) is 25.1 Å². The monoisotopic (exact) mass is 370 g/mol. The highest BCUT2D eigenvalue weighted by Crippen LogP contribution is 2.15. The van der Waals surface area contributed by atoms with E-state index in [-0.39, 0.29) is 24.3 Å². The molecule has 0 saturated carbocycles. The van der Waals surface area contributed by atoms with Gasteiger partial charge in [0, 0.05) is 12.6 Å². The Morgan fingerprint density at radius 3 is 2.26 bits per heavy atom. The average molecular weight is 370 g/mol. The molecule has 1 N–H and O–H groups in total. The van der Waals surface area contributed by atoms with E-state index in [2.05, 4.69) is 5.32 Å². The van der Waals surface area contributed by atoms with Crippen LogP contribution in [0, 0.1) is 12.7 Å². The van der Waals surface area contributed by atoms with Crippen molar-refractivity contribution in [1.82, 2.24) is 10.2 Å². The summed E-state index contributed by atoms with van der Waals surface area (Å²) in [5, 5.41) is 2.84. The predicted molar refractivity (Wildman–Crippen MR) is 105 cm³/mol. The van der Waals surface area contributed by atoms with Crippen molar-refractivity contribution in [2.24, 2.45) is 0 Å². The fourth-order valence-electron chi connectivity index (χ4n) is 2.78. The highest BCUT2D eigenvalue weighted by molar-refractivity contribution is 5.88. The van der Waals surface area contributed by atoms with Crippen LogP contribution in [-0.2, 0) is 22.6 Å². The average Bonchev–Trinajstić information content (AvgIpc) is 2.62. The first-order valence-electron chi connectivity index (χ1n) is 9.16. The molecular weight excluding hydrogens is 343 g/mol. The lowest BCUT2D eigenvalue weighted by Gasteiger charge is -2.29. The number of carbonyl (C=O) groups excluding carboxylic acids is 2. The molecule has 0 aromatic heterocycles. The summed E-state index contributed by atoms with van der Waals surface area (Å²) in [6.45, 7) is 7.72. The molecule has 0 radical (unpaired) electrons. The van der Waals surface area contributed by atoms with Crippen LogP contribution >= 0.6 is 0 Å². The van der Waals surface area contributed by atoms with Crippen LogP contribution in [0.2, 0.25) is 0 Å². The Morgan fingerprint density at radius 1 is 1.04 bits per heavy atom. The lowest BCUT2D eigenvalue weighted by atomic mass is 10.1. The number of hydrogen-bond acceptors (Lipinski definition) is 2. The minimum atomic E-state index is -0.659. The van der Waals surface area contributed by atoms with Gasteiger partial charge in [-0.05, 0) is 44.9 Å². The Balaban J connectivity index is 2.24. The van der Waals surface area contributed by atoms with Crippen LogP contribution in [0.1, 0.15) is 37.5 Å². The van der Waals surface area contributed by atoms with Gasteiger partial charge >= 0.3 is 0 Å². The molecule has 0 unspecified atom stereocenters. The fourth-order valence-corrected chi connectivity index (χ4v) is 2.78. The van der Waals surface area contributed by atoms with Crippen molar-refractivity contribution in [3.05, 3.63) is 71.0 Å². The molecule has 0 heterocycles. The molecule has 0 aliphatic heterocycles. The van der Waals surface area contributed by atoms with Gasteiger partial charge in [-0.15, -0.1) is 0 Å². The van der Waals surface area contributed by atoms with E-state index in [0.29, 0.717) is 12.1 Å². The van der Waals surface area contributed by atoms with E-state index in [1.165, 1.54) is 11.0 Å². The molecule has 1 atom stereocenters. The molecule has 2 rings (SSSR count). The first-order chi connectivity index (χ1) is 12.8. The molecule has 0 fully saturated rings. The Hall–Kier alpha value is -2.69. The summed E-state index contributed by atoms with van der Waals surface area (Å²) in [4.78, 5) is 26.9. The van der Waals surface area contributed by atoms with Crippen molar-refractivity contribution in [2.75, 3.05) is 0 Å². The van der Waals surface area contributed by atoms with Crippen LogP contribution in [0.15, 0.2) is 48.5 Å². The van der Waals surface area contributed by atoms with Crippen LogP contribution in [-0.4, -0.2) is 28.8 Å². The standard InChI is InChI=1S/C22H27FN2O2/c1-15(2)24-22(27)17(4)25(14-18-11-9-16(3)10-12-18)21(26)13-19-7-5-6-8-20(19)23/h5-12,15,17H,13-14H2,1-4H3,(H,24,27)/t17-/m0/s1. The van der Waals surface area contributed by atoms with E-state index >= 15 is 0 Å². The zero-order chi connectivity index (χ0) is 20.0. The zero-order valence-electron chi connectivity index (χ0n) is 16.3. The van der Waals surface area contributed by atoms with Gasteiger partial charge in [0.15, 0.2) is 0 Å². The summed E-state index contributed by atoms with van der Waals surface area (Å²) >= 11 is 0. The van der Waals surface area contributed by atoms with Gasteiger partial charge in [-0.1, -0.05) is 48.0 Å². The Labute approximate surface area is 160 Å². The maximum Gasteiger partial charge on any atom is 0.242 e. The smallest absolute Gasteiger partial charge is 0.242 e. The van der Waals surface area contributed by atoms with Crippen molar-refractivity contribution in [2.45, 2.75) is 52.7 Å². The number of halogens is 1. The molecule has 2 amide bonds. The van der Waals surface area contributed by atoms with Crippen molar-refractivity contribution < 1.29 is 14.0 Å². The summed E-state index contributed by atoms with van der Waals surface area (Å²) in [5.41, 5.74) is 2.37. The van der Waals surface area contributed by atoms with Gasteiger partial charge in [0.25, 0.3) is 0 Å². The quantitative estimate of drug-likeness (QED) is 0.809. The summed E-state index contributed by atoms with van der Waals surface area (Å²) in [7, 11) is 0. The first-order valence-corrected chi connectivity index (χ1v) is 9.16. The molecule has 0 aliphatic carbocycles. The minimum Gasteiger partial charge on any atom is -0.352 e. The second-order valence-corrected chi connectivity index (χ2v) is 7.11. The van der Waals surface area contributed by atoms with E-state index < -0.39 is 11.9 Å². The maximum atomic E-state index is 14.0. The molecule has 5 heteroatoms. The number of carbonyl (C=O) groups is 2. The first kappa shape index (κ1) is 20.6. The number of aryl methyl sites for hydroxylation is 1. The lowest BCUT2D eigenvalue weighted by molar-refractivity contribution is -0.140. The summed E-state index contributed by atoms with van der Waals surface area (Å²) in [6, 6.07) is 13.3. The number of hydrogen-bond donors (Lipinski definition) is 1. The van der Waals surface area contributed by atoms with Crippen molar-refractivity contribution in [3.8, 4) is 0 Å². The second-order valence-electron chi connectivity index (χ2n) is 7.11. The Kier molecular flexibility index (Phi) is 7.11. The number of benzene rings is 2. The van der Waals surface area contributed by atoms with E-state index in [1.807, 2.05) is 45.0 Å². The van der Waals surface area contributed by atoms with Gasteiger partial charge < -0.3 is 10.2 Å². The third-order valence-electron chi connectivity index (χ3n) is 4.37. The third kappa shape index (κ3) is 5.91. The Bertz CT molecular complexity index is 787. The van der Waals surface area contributed by atoms with E-state index in [4.69, 9.17) is 0 Å². The highest BCUT2D eigenvalue weighted by atomic mass is 19.1. The molecule has 27 heavy (non-hydrogen) atoms. The van der Waals surface area contributed by atoms with Gasteiger partial charge in [-0.3, -0.25) is 9.59 Å². The predicted octanol–water partition coefficient (Wildman–Crippen LogP) is 3.62. The number of amides is 2. The minimum absolute atomic E-state index is 0.0251. The molecule has 0 bridgehead atoms. The topological polar surface area (TPSA) is 49.4 Å². The molecule has 0 aliphatic rings. The van der Waals surface area contributed by atoms with Gasteiger partial charge in [-0.2, -0.15) is 0 Å². The number of nitrogens with zero attached hydrogens (tertiary/aromatic N) is 1. The van der Waals surface area contributed by atoms with Crippen LogP contribution in [0.4, 0.5) is 4.39 Å². The van der Waals surface area contributed by atoms with Gasteiger partial charge in [-0.25, -0.2) is 4.39 Å². The van der Waals surface area contributed by atoms with E-state index in [0.717, 1.165) is 11.1 Å². The molecule has 144 valence electrons. The largest absolute Gasteiger partial charge is 0.352 e. The molecule has 0 spiro atoms. The van der Waals surface area contributed by atoms with Crippen LogP contribution in [0.25, 0.3) is 0 Å². The molecule has 2 aromatic rings. The molecule has 4 nitrogen and oxygen atoms in total. The Morgan fingerprint density at radius 2 is 1.67 bits per heavy atom. The van der Waals surface area contributed by atoms with Gasteiger partial charge in [0.05, 0.1) is 6.42 Å². The SMILES string of the molecule is Cc1ccc(CN(C(=O)Cc2ccccc2F)[C@@H](C)C(=O)NC(C)C)cc1. The lowest BCUT2D eigenvalue weighted by Crippen LogP contribution is -2.49. The molecular formula is C22H27FN2O2. The highest BCUT2D eigenvalue weighted by Gasteiger charge is 2.27. The number of nitrogens with one attached hydrogen (secondary N) is 1. The van der Waals surface area contributed by atoms with Crippen molar-refractivity contribution in [3.63, 3.8) is 0 Å². The van der Waals surface area contributed by atoms with E-state index in [9.17, 15) is 14.0 Å². The van der Waals surface area contributed by atoms with Crippen LogP contribution < -0.4 is 5.32 Å². The fraction of sp³-hybridized carbons (Fsp3) is 0.364. The van der Waals surface area contributed by atoms with Gasteiger partial charge in [0.1, 0.15) is 11.9 Å². The second kappa shape index (κ2) is 9.31. The summed E-state index contributed by atoms with van der Waals surface area (Å²) in [6.07, 6.45) is -0.0855. The zero-order valence-corrected chi connectivity index (χ0v) is 16.3. The normalized spacial score (nSPS) is 11.9. The summed E-state index contributed by atoms with van der Waals surface area (Å²) < 4.78 is 14.0. The molecule has 2 aromatic carbocycles. The van der Waals surface area contributed by atoms with Crippen molar-refractivity contribution >= 4 is 11.8 Å². The van der Waals surface area contributed by atoms with Crippen LogP contribution in [0.5, 0.6) is 0 Å². The molecule has 0 saturated heterocycles. The van der Waals surface area contributed by atoms with Gasteiger partial charge in [0.2, 0.25) is 11.8 Å². The number of rotatable bonds is 7. The third-order valence-corrected chi connectivity index (χ3v) is 4.37. The van der Waals surface area contributed by atoms with Crippen LogP contribution in [0.3, 0.4) is 0 Å². The maximum absolute atomic E-state index is 14.0.